The third-order valence-corrected chi connectivity index (χ3v) is 4.71. The van der Waals surface area contributed by atoms with E-state index in [1.807, 2.05) is 19.2 Å². The van der Waals surface area contributed by atoms with Crippen LogP contribution >= 0.6 is 22.9 Å². The van der Waals surface area contributed by atoms with Gasteiger partial charge in [-0.15, -0.1) is 0 Å². The van der Waals surface area contributed by atoms with Gasteiger partial charge >= 0.3 is 0 Å². The molecule has 0 fully saturated rings. The van der Waals surface area contributed by atoms with Crippen molar-refractivity contribution in [3.8, 4) is 0 Å². The quantitative estimate of drug-likeness (QED) is 0.707. The van der Waals surface area contributed by atoms with E-state index in [9.17, 15) is 0 Å². The van der Waals surface area contributed by atoms with Crippen LogP contribution in [-0.2, 0) is 0 Å². The molecule has 1 aromatic carbocycles. The van der Waals surface area contributed by atoms with Crippen molar-refractivity contribution in [2.45, 2.75) is 12.3 Å². The first-order valence-corrected chi connectivity index (χ1v) is 8.05. The van der Waals surface area contributed by atoms with Crippen LogP contribution in [0.15, 0.2) is 41.2 Å². The van der Waals surface area contributed by atoms with Crippen molar-refractivity contribution in [2.24, 2.45) is 0 Å². The summed E-state index contributed by atoms with van der Waals surface area (Å²) in [5.41, 5.74) is 3.77. The molecule has 0 radical (unpaired) electrons. The maximum Gasteiger partial charge on any atom is 0.0502 e. The van der Waals surface area contributed by atoms with Crippen LogP contribution in [0.5, 0.6) is 0 Å². The lowest BCUT2D eigenvalue weighted by Crippen LogP contribution is -2.12. The average Bonchev–Trinajstić information content (AvgIpc) is 3.10. The van der Waals surface area contributed by atoms with E-state index in [1.165, 1.54) is 11.1 Å². The monoisotopic (exact) mass is 304 g/mol. The Morgan fingerprint density at radius 3 is 3.00 bits per heavy atom. The van der Waals surface area contributed by atoms with Crippen molar-refractivity contribution < 1.29 is 0 Å². The highest BCUT2D eigenvalue weighted by Gasteiger charge is 2.19. The van der Waals surface area contributed by atoms with Crippen LogP contribution < -0.4 is 5.32 Å². The Hall–Kier alpha value is -1.29. The molecule has 0 aliphatic rings. The zero-order chi connectivity index (χ0) is 13.9. The van der Waals surface area contributed by atoms with Crippen LogP contribution in [0.25, 0.3) is 10.9 Å². The van der Waals surface area contributed by atoms with Gasteiger partial charge in [0.1, 0.15) is 0 Å². The van der Waals surface area contributed by atoms with Gasteiger partial charge in [-0.05, 0) is 60.1 Å². The van der Waals surface area contributed by atoms with Gasteiger partial charge in [-0.1, -0.05) is 17.7 Å². The minimum absolute atomic E-state index is 0.377. The van der Waals surface area contributed by atoms with E-state index in [-0.39, 0.29) is 0 Å². The smallest absolute Gasteiger partial charge is 0.0502 e. The predicted molar refractivity (Wildman–Crippen MR) is 88.0 cm³/mol. The number of aromatic nitrogens is 1. The molecule has 3 rings (SSSR count). The van der Waals surface area contributed by atoms with Crippen LogP contribution in [0.1, 0.15) is 23.5 Å². The molecule has 20 heavy (non-hydrogen) atoms. The Bertz CT molecular complexity index is 688. The van der Waals surface area contributed by atoms with Crippen LogP contribution in [0.2, 0.25) is 5.02 Å². The molecule has 1 atom stereocenters. The molecule has 2 N–H and O–H groups in total. The summed E-state index contributed by atoms with van der Waals surface area (Å²) in [7, 11) is 1.99. The van der Waals surface area contributed by atoms with Gasteiger partial charge in [-0.2, -0.15) is 11.3 Å². The summed E-state index contributed by atoms with van der Waals surface area (Å²) >= 11 is 8.15. The van der Waals surface area contributed by atoms with E-state index in [4.69, 9.17) is 11.6 Å². The second kappa shape index (κ2) is 6.00. The van der Waals surface area contributed by atoms with Crippen molar-refractivity contribution >= 4 is 33.8 Å². The van der Waals surface area contributed by atoms with Crippen molar-refractivity contribution in [3.05, 3.63) is 57.4 Å². The fourth-order valence-corrected chi connectivity index (χ4v) is 3.70. The van der Waals surface area contributed by atoms with Gasteiger partial charge in [0, 0.05) is 23.0 Å². The maximum atomic E-state index is 6.41. The molecule has 2 nitrogen and oxygen atoms in total. The van der Waals surface area contributed by atoms with Gasteiger partial charge in [0.05, 0.1) is 5.02 Å². The number of hydrogen-bond acceptors (Lipinski definition) is 2. The first-order chi connectivity index (χ1) is 9.81. The third kappa shape index (κ3) is 2.49. The first-order valence-electron chi connectivity index (χ1n) is 6.73. The maximum absolute atomic E-state index is 6.41. The lowest BCUT2D eigenvalue weighted by atomic mass is 9.90. The van der Waals surface area contributed by atoms with E-state index in [0.717, 1.165) is 28.9 Å². The number of hydrogen-bond donors (Lipinski definition) is 2. The number of H-pyrrole nitrogens is 1. The largest absolute Gasteiger partial charge is 0.361 e. The summed E-state index contributed by atoms with van der Waals surface area (Å²) < 4.78 is 0. The molecule has 0 aliphatic carbocycles. The highest BCUT2D eigenvalue weighted by Crippen LogP contribution is 2.37. The SMILES string of the molecule is CNCCC(c1ccsc1)c1c[nH]c2cccc(Cl)c12. The number of nitrogens with one attached hydrogen (secondary N) is 2. The molecule has 0 bridgehead atoms. The molecule has 4 heteroatoms. The zero-order valence-corrected chi connectivity index (χ0v) is 12.9. The van der Waals surface area contributed by atoms with Crippen LogP contribution in [0.4, 0.5) is 0 Å². The molecule has 2 aromatic heterocycles. The molecule has 0 amide bonds. The summed E-state index contributed by atoms with van der Waals surface area (Å²) in [6.07, 6.45) is 3.17. The molecule has 0 saturated heterocycles. The van der Waals surface area contributed by atoms with Gasteiger partial charge in [0.25, 0.3) is 0 Å². The first kappa shape index (κ1) is 13.7. The molecular formula is C16H17ClN2S. The van der Waals surface area contributed by atoms with Crippen molar-refractivity contribution in [1.29, 1.82) is 0 Å². The molecule has 2 heterocycles. The standard InChI is InChI=1S/C16H17ClN2S/c1-18-7-5-12(11-6-8-20-10-11)13-9-19-15-4-2-3-14(17)16(13)15/h2-4,6,8-10,12,18-19H,5,7H2,1H3. The van der Waals surface area contributed by atoms with Gasteiger partial charge in [-0.3, -0.25) is 0 Å². The predicted octanol–water partition coefficient (Wildman–Crippen LogP) is 4.62. The van der Waals surface area contributed by atoms with E-state index >= 15 is 0 Å². The van der Waals surface area contributed by atoms with E-state index in [0.29, 0.717) is 5.92 Å². The summed E-state index contributed by atoms with van der Waals surface area (Å²) in [4.78, 5) is 3.35. The molecular weight excluding hydrogens is 288 g/mol. The van der Waals surface area contributed by atoms with E-state index in [1.54, 1.807) is 11.3 Å². The lowest BCUT2D eigenvalue weighted by Gasteiger charge is -2.15. The number of rotatable bonds is 5. The van der Waals surface area contributed by atoms with Crippen LogP contribution in [-0.4, -0.2) is 18.6 Å². The second-order valence-electron chi connectivity index (χ2n) is 4.91. The Morgan fingerprint density at radius 2 is 2.25 bits per heavy atom. The molecule has 0 aliphatic heterocycles. The summed E-state index contributed by atoms with van der Waals surface area (Å²) in [5, 5.41) is 9.59. The third-order valence-electron chi connectivity index (χ3n) is 3.69. The summed E-state index contributed by atoms with van der Waals surface area (Å²) in [6.45, 7) is 0.984. The summed E-state index contributed by atoms with van der Waals surface area (Å²) in [6, 6.07) is 8.23. The van der Waals surface area contributed by atoms with Crippen molar-refractivity contribution in [2.75, 3.05) is 13.6 Å². The highest BCUT2D eigenvalue weighted by molar-refractivity contribution is 7.08. The number of thiophene rings is 1. The minimum atomic E-state index is 0.377. The van der Waals surface area contributed by atoms with Gasteiger partial charge in [0.15, 0.2) is 0 Å². The Kier molecular flexibility index (Phi) is 4.10. The van der Waals surface area contributed by atoms with E-state index < -0.39 is 0 Å². The van der Waals surface area contributed by atoms with E-state index in [2.05, 4.69) is 39.4 Å². The zero-order valence-electron chi connectivity index (χ0n) is 11.3. The second-order valence-corrected chi connectivity index (χ2v) is 6.10. The normalized spacial score (nSPS) is 12.9. The molecule has 3 aromatic rings. The number of benzene rings is 1. The molecule has 0 spiro atoms. The number of fused-ring (bicyclic) bond motifs is 1. The lowest BCUT2D eigenvalue weighted by molar-refractivity contribution is 0.666. The summed E-state index contributed by atoms with van der Waals surface area (Å²) in [5.74, 6) is 0.377. The minimum Gasteiger partial charge on any atom is -0.361 e. The fraction of sp³-hybridized carbons (Fsp3) is 0.250. The Morgan fingerprint density at radius 1 is 1.35 bits per heavy atom. The van der Waals surface area contributed by atoms with Gasteiger partial charge in [-0.25, -0.2) is 0 Å². The topological polar surface area (TPSA) is 27.8 Å². The van der Waals surface area contributed by atoms with Crippen molar-refractivity contribution in [1.82, 2.24) is 10.3 Å². The highest BCUT2D eigenvalue weighted by atomic mass is 35.5. The van der Waals surface area contributed by atoms with Crippen LogP contribution in [0, 0.1) is 0 Å². The van der Waals surface area contributed by atoms with Crippen molar-refractivity contribution in [3.63, 3.8) is 0 Å². The number of halogens is 1. The molecule has 104 valence electrons. The Labute approximate surface area is 127 Å². The van der Waals surface area contributed by atoms with Gasteiger partial charge in [0.2, 0.25) is 0 Å². The van der Waals surface area contributed by atoms with Crippen LogP contribution in [0.3, 0.4) is 0 Å². The molecule has 0 saturated carbocycles. The Balaban J connectivity index is 2.09. The van der Waals surface area contributed by atoms with Gasteiger partial charge < -0.3 is 10.3 Å². The average molecular weight is 305 g/mol. The molecule has 1 unspecified atom stereocenters. The number of aromatic amines is 1. The fourth-order valence-electron chi connectivity index (χ4n) is 2.70.